The molecule has 5 nitrogen and oxygen atoms in total. The topological polar surface area (TPSA) is 78.4 Å². The number of carboxylic acids is 1. The summed E-state index contributed by atoms with van der Waals surface area (Å²) in [6.07, 6.45) is 0. The lowest BCUT2D eigenvalue weighted by Gasteiger charge is -2.08. The van der Waals surface area contributed by atoms with E-state index in [-0.39, 0.29) is 5.56 Å². The van der Waals surface area contributed by atoms with Gasteiger partial charge in [-0.1, -0.05) is 18.2 Å². The fourth-order valence-corrected chi connectivity index (χ4v) is 1.75. The molecule has 0 spiro atoms. The molecule has 0 aliphatic carbocycles. The van der Waals surface area contributed by atoms with Crippen LogP contribution in [0.1, 0.15) is 15.9 Å². The Morgan fingerprint density at radius 1 is 0.950 bits per heavy atom. The van der Waals surface area contributed by atoms with E-state index in [2.05, 4.69) is 10.6 Å². The quantitative estimate of drug-likeness (QED) is 0.800. The van der Waals surface area contributed by atoms with Crippen molar-refractivity contribution in [3.05, 3.63) is 59.7 Å². The summed E-state index contributed by atoms with van der Waals surface area (Å²) in [5.41, 5.74) is 2.26. The van der Waals surface area contributed by atoms with Gasteiger partial charge in [-0.05, 0) is 42.8 Å². The van der Waals surface area contributed by atoms with E-state index in [1.165, 1.54) is 12.1 Å². The molecule has 0 bridgehead atoms. The van der Waals surface area contributed by atoms with Gasteiger partial charge in [0.1, 0.15) is 0 Å². The maximum atomic E-state index is 11.8. The summed E-state index contributed by atoms with van der Waals surface area (Å²) in [5.74, 6) is -1.03. The summed E-state index contributed by atoms with van der Waals surface area (Å²) >= 11 is 0. The Balaban J connectivity index is 2.04. The molecule has 20 heavy (non-hydrogen) atoms. The van der Waals surface area contributed by atoms with Gasteiger partial charge in [-0.15, -0.1) is 0 Å². The first kappa shape index (κ1) is 13.6. The molecule has 2 aromatic carbocycles. The van der Waals surface area contributed by atoms with Gasteiger partial charge in [0.2, 0.25) is 0 Å². The van der Waals surface area contributed by atoms with Crippen LogP contribution in [0.4, 0.5) is 16.2 Å². The van der Waals surface area contributed by atoms with Crippen LogP contribution in [0.25, 0.3) is 0 Å². The van der Waals surface area contributed by atoms with Crippen molar-refractivity contribution in [2.45, 2.75) is 6.92 Å². The van der Waals surface area contributed by atoms with E-state index in [0.29, 0.717) is 11.4 Å². The normalized spacial score (nSPS) is 9.85. The molecule has 0 radical (unpaired) electrons. The molecule has 3 N–H and O–H groups in total. The lowest BCUT2D eigenvalue weighted by molar-refractivity contribution is 0.0697. The van der Waals surface area contributed by atoms with Crippen molar-refractivity contribution >= 4 is 23.4 Å². The van der Waals surface area contributed by atoms with Gasteiger partial charge in [0.25, 0.3) is 0 Å². The van der Waals surface area contributed by atoms with Gasteiger partial charge in [0.05, 0.1) is 5.56 Å². The van der Waals surface area contributed by atoms with Crippen LogP contribution in [0.15, 0.2) is 48.5 Å². The van der Waals surface area contributed by atoms with Gasteiger partial charge < -0.3 is 15.7 Å². The number of aromatic carboxylic acids is 1. The Hall–Kier alpha value is -2.82. The number of anilines is 2. The first-order chi connectivity index (χ1) is 9.54. The third-order valence-electron chi connectivity index (χ3n) is 2.64. The SMILES string of the molecule is Cc1cccc(NC(=O)Nc2cccc(C(=O)O)c2)c1. The molecule has 0 saturated carbocycles. The number of carbonyl (C=O) groups excluding carboxylic acids is 1. The zero-order chi connectivity index (χ0) is 14.5. The Morgan fingerprint density at radius 2 is 1.55 bits per heavy atom. The minimum atomic E-state index is -1.03. The predicted molar refractivity (Wildman–Crippen MR) is 77.2 cm³/mol. The number of rotatable bonds is 3. The van der Waals surface area contributed by atoms with Crippen LogP contribution >= 0.6 is 0 Å². The number of aryl methyl sites for hydroxylation is 1. The number of amides is 2. The second-order valence-electron chi connectivity index (χ2n) is 4.33. The number of hydrogen-bond donors (Lipinski definition) is 3. The summed E-state index contributed by atoms with van der Waals surface area (Å²) in [4.78, 5) is 22.6. The minimum Gasteiger partial charge on any atom is -0.478 e. The monoisotopic (exact) mass is 270 g/mol. The van der Waals surface area contributed by atoms with Crippen LogP contribution in [-0.4, -0.2) is 17.1 Å². The molecular formula is C15H14N2O3. The second-order valence-corrected chi connectivity index (χ2v) is 4.33. The van der Waals surface area contributed by atoms with Crippen LogP contribution in [0.3, 0.4) is 0 Å². The van der Waals surface area contributed by atoms with Gasteiger partial charge in [-0.3, -0.25) is 0 Å². The molecule has 2 rings (SSSR count). The van der Waals surface area contributed by atoms with Crippen molar-refractivity contribution in [2.24, 2.45) is 0 Å². The molecule has 0 aliphatic rings. The van der Waals surface area contributed by atoms with Crippen molar-refractivity contribution in [3.63, 3.8) is 0 Å². The van der Waals surface area contributed by atoms with E-state index < -0.39 is 12.0 Å². The van der Waals surface area contributed by atoms with Crippen LogP contribution in [0, 0.1) is 6.92 Å². The largest absolute Gasteiger partial charge is 0.478 e. The summed E-state index contributed by atoms with van der Waals surface area (Å²) in [6, 6.07) is 13.0. The Bertz CT molecular complexity index is 653. The summed E-state index contributed by atoms with van der Waals surface area (Å²) in [7, 11) is 0. The van der Waals surface area contributed by atoms with E-state index in [4.69, 9.17) is 5.11 Å². The van der Waals surface area contributed by atoms with Crippen molar-refractivity contribution in [1.82, 2.24) is 0 Å². The van der Waals surface area contributed by atoms with Gasteiger partial charge in [-0.2, -0.15) is 0 Å². The standard InChI is InChI=1S/C15H14N2O3/c1-10-4-2-6-12(8-10)16-15(20)17-13-7-3-5-11(9-13)14(18)19/h2-9H,1H3,(H,18,19)(H2,16,17,20). The Labute approximate surface area is 116 Å². The Kier molecular flexibility index (Phi) is 4.00. The second kappa shape index (κ2) is 5.88. The maximum Gasteiger partial charge on any atom is 0.335 e. The molecule has 2 aromatic rings. The fraction of sp³-hybridized carbons (Fsp3) is 0.0667. The van der Waals surface area contributed by atoms with Gasteiger partial charge in [-0.25, -0.2) is 9.59 Å². The number of carboxylic acid groups (broad SMARTS) is 1. The van der Waals surface area contributed by atoms with Crippen LogP contribution in [-0.2, 0) is 0 Å². The molecule has 2 amide bonds. The molecular weight excluding hydrogens is 256 g/mol. The van der Waals surface area contributed by atoms with Crippen molar-refractivity contribution < 1.29 is 14.7 Å². The van der Waals surface area contributed by atoms with Crippen molar-refractivity contribution in [3.8, 4) is 0 Å². The zero-order valence-electron chi connectivity index (χ0n) is 10.9. The minimum absolute atomic E-state index is 0.123. The van der Waals surface area contributed by atoms with Crippen molar-refractivity contribution in [1.29, 1.82) is 0 Å². The fourth-order valence-electron chi connectivity index (χ4n) is 1.75. The molecule has 0 fully saturated rings. The van der Waals surface area contributed by atoms with Crippen LogP contribution in [0.5, 0.6) is 0 Å². The molecule has 0 unspecified atom stereocenters. The molecule has 0 saturated heterocycles. The predicted octanol–water partition coefficient (Wildman–Crippen LogP) is 3.34. The molecule has 102 valence electrons. The number of urea groups is 1. The molecule has 0 atom stereocenters. The van der Waals surface area contributed by atoms with Crippen LogP contribution in [0.2, 0.25) is 0 Å². The smallest absolute Gasteiger partial charge is 0.335 e. The average Bonchev–Trinajstić information content (AvgIpc) is 2.38. The lowest BCUT2D eigenvalue weighted by Crippen LogP contribution is -2.19. The van der Waals surface area contributed by atoms with Gasteiger partial charge >= 0.3 is 12.0 Å². The summed E-state index contributed by atoms with van der Waals surface area (Å²) in [6.45, 7) is 1.93. The van der Waals surface area contributed by atoms with E-state index in [1.54, 1.807) is 18.2 Å². The lowest BCUT2D eigenvalue weighted by atomic mass is 10.2. The van der Waals surface area contributed by atoms with E-state index in [0.717, 1.165) is 5.56 Å². The van der Waals surface area contributed by atoms with Gasteiger partial charge in [0, 0.05) is 11.4 Å². The number of carbonyl (C=O) groups is 2. The highest BCUT2D eigenvalue weighted by Gasteiger charge is 2.06. The molecule has 0 heterocycles. The maximum absolute atomic E-state index is 11.8. The Morgan fingerprint density at radius 3 is 2.15 bits per heavy atom. The molecule has 0 aromatic heterocycles. The highest BCUT2D eigenvalue weighted by Crippen LogP contribution is 2.13. The summed E-state index contributed by atoms with van der Waals surface area (Å²) < 4.78 is 0. The number of benzene rings is 2. The zero-order valence-corrected chi connectivity index (χ0v) is 10.9. The third kappa shape index (κ3) is 3.58. The van der Waals surface area contributed by atoms with Gasteiger partial charge in [0.15, 0.2) is 0 Å². The van der Waals surface area contributed by atoms with E-state index in [1.807, 2.05) is 25.1 Å². The molecule has 5 heteroatoms. The molecule has 0 aliphatic heterocycles. The van der Waals surface area contributed by atoms with Crippen LogP contribution < -0.4 is 10.6 Å². The summed E-state index contributed by atoms with van der Waals surface area (Å²) in [5, 5.41) is 14.2. The highest BCUT2D eigenvalue weighted by molar-refractivity contribution is 6.00. The number of hydrogen-bond acceptors (Lipinski definition) is 2. The average molecular weight is 270 g/mol. The third-order valence-corrected chi connectivity index (χ3v) is 2.64. The van der Waals surface area contributed by atoms with E-state index >= 15 is 0 Å². The first-order valence-corrected chi connectivity index (χ1v) is 6.02. The number of nitrogens with one attached hydrogen (secondary N) is 2. The highest BCUT2D eigenvalue weighted by atomic mass is 16.4. The van der Waals surface area contributed by atoms with Crippen molar-refractivity contribution in [2.75, 3.05) is 10.6 Å². The first-order valence-electron chi connectivity index (χ1n) is 6.02. The van der Waals surface area contributed by atoms with E-state index in [9.17, 15) is 9.59 Å².